The largest absolute Gasteiger partial charge is 0.507 e. The van der Waals surface area contributed by atoms with Crippen LogP contribution in [0.5, 0.6) is 5.75 Å². The van der Waals surface area contributed by atoms with Crippen LogP contribution in [0.1, 0.15) is 16.8 Å². The molecule has 1 aromatic carbocycles. The number of carbonyl (C=O) groups is 1. The van der Waals surface area contributed by atoms with Crippen molar-refractivity contribution in [1.82, 2.24) is 10.2 Å². The normalized spacial score (nSPS) is 16.1. The first-order valence-corrected chi connectivity index (χ1v) is 7.53. The molecule has 0 saturated carbocycles. The Hall–Kier alpha value is -1.11. The number of nitrogens with one attached hydrogen (secondary N) is 1. The number of hydrogen-bond donors (Lipinski definition) is 2. The highest BCUT2D eigenvalue weighted by Crippen LogP contribution is 2.21. The van der Waals surface area contributed by atoms with E-state index in [0.717, 1.165) is 43.7 Å². The molecule has 0 spiro atoms. The zero-order chi connectivity index (χ0) is 14.4. The first-order chi connectivity index (χ1) is 9.66. The number of phenols is 1. The van der Waals surface area contributed by atoms with Crippen LogP contribution in [0, 0.1) is 0 Å². The fourth-order valence-electron chi connectivity index (χ4n) is 2.12. The predicted octanol–water partition coefficient (Wildman–Crippen LogP) is 1.61. The van der Waals surface area contributed by atoms with Gasteiger partial charge in [0.2, 0.25) is 0 Å². The zero-order valence-electron chi connectivity index (χ0n) is 11.3. The summed E-state index contributed by atoms with van der Waals surface area (Å²) in [6, 6.07) is 4.86. The van der Waals surface area contributed by atoms with Crippen LogP contribution >= 0.6 is 15.9 Å². The Bertz CT molecular complexity index is 462. The van der Waals surface area contributed by atoms with Crippen molar-refractivity contribution in [3.63, 3.8) is 0 Å². The quantitative estimate of drug-likeness (QED) is 0.798. The molecule has 0 aliphatic carbocycles. The van der Waals surface area contributed by atoms with Crippen LogP contribution in [-0.4, -0.2) is 55.3 Å². The van der Waals surface area contributed by atoms with Gasteiger partial charge in [-0.05, 0) is 31.2 Å². The van der Waals surface area contributed by atoms with Gasteiger partial charge in [0.25, 0.3) is 5.91 Å². The molecule has 2 rings (SSSR count). The van der Waals surface area contributed by atoms with Crippen LogP contribution < -0.4 is 5.32 Å². The summed E-state index contributed by atoms with van der Waals surface area (Å²) in [4.78, 5) is 14.2. The Kier molecular flexibility index (Phi) is 5.82. The molecule has 6 heteroatoms. The van der Waals surface area contributed by atoms with Gasteiger partial charge in [0.05, 0.1) is 18.8 Å². The van der Waals surface area contributed by atoms with Gasteiger partial charge in [0.15, 0.2) is 0 Å². The van der Waals surface area contributed by atoms with Gasteiger partial charge >= 0.3 is 0 Å². The van der Waals surface area contributed by atoms with Gasteiger partial charge in [0.1, 0.15) is 5.75 Å². The third-order valence-electron chi connectivity index (χ3n) is 3.24. The van der Waals surface area contributed by atoms with E-state index in [1.807, 2.05) is 0 Å². The Morgan fingerprint density at radius 3 is 2.85 bits per heavy atom. The number of morpholine rings is 1. The maximum Gasteiger partial charge on any atom is 0.255 e. The SMILES string of the molecule is O=C(NCCCN1CCOCC1)c1ccc(Br)cc1O. The lowest BCUT2D eigenvalue weighted by Gasteiger charge is -2.26. The highest BCUT2D eigenvalue weighted by molar-refractivity contribution is 9.10. The lowest BCUT2D eigenvalue weighted by Crippen LogP contribution is -2.38. The highest BCUT2D eigenvalue weighted by atomic mass is 79.9. The second-order valence-electron chi connectivity index (χ2n) is 4.72. The van der Waals surface area contributed by atoms with Gasteiger partial charge in [-0.2, -0.15) is 0 Å². The molecule has 1 fully saturated rings. The van der Waals surface area contributed by atoms with Gasteiger partial charge in [-0.15, -0.1) is 0 Å². The summed E-state index contributed by atoms with van der Waals surface area (Å²) in [5.74, 6) is -0.248. The molecule has 1 aromatic rings. The highest BCUT2D eigenvalue weighted by Gasteiger charge is 2.12. The van der Waals surface area contributed by atoms with Crippen LogP contribution in [0.3, 0.4) is 0 Å². The van der Waals surface area contributed by atoms with E-state index in [2.05, 4.69) is 26.1 Å². The van der Waals surface area contributed by atoms with Crippen molar-refractivity contribution in [2.24, 2.45) is 0 Å². The minimum Gasteiger partial charge on any atom is -0.507 e. The van der Waals surface area contributed by atoms with E-state index >= 15 is 0 Å². The molecule has 0 radical (unpaired) electrons. The molecule has 1 amide bonds. The summed E-state index contributed by atoms with van der Waals surface area (Å²) in [6.07, 6.45) is 0.892. The minimum absolute atomic E-state index is 0.00921. The van der Waals surface area contributed by atoms with Crippen LogP contribution in [0.15, 0.2) is 22.7 Å². The molecule has 1 aliphatic heterocycles. The lowest BCUT2D eigenvalue weighted by molar-refractivity contribution is 0.0374. The Balaban J connectivity index is 1.72. The van der Waals surface area contributed by atoms with Crippen LogP contribution in [0.4, 0.5) is 0 Å². The van der Waals surface area contributed by atoms with E-state index in [1.165, 1.54) is 6.07 Å². The first-order valence-electron chi connectivity index (χ1n) is 6.73. The number of rotatable bonds is 5. The molecule has 0 aromatic heterocycles. The second kappa shape index (κ2) is 7.61. The van der Waals surface area contributed by atoms with Gasteiger partial charge < -0.3 is 15.2 Å². The summed E-state index contributed by atoms with van der Waals surface area (Å²) in [7, 11) is 0. The topological polar surface area (TPSA) is 61.8 Å². The fourth-order valence-corrected chi connectivity index (χ4v) is 2.47. The third-order valence-corrected chi connectivity index (χ3v) is 3.74. The number of carbonyl (C=O) groups excluding carboxylic acids is 1. The summed E-state index contributed by atoms with van der Waals surface area (Å²) in [5, 5.41) is 12.5. The van der Waals surface area contributed by atoms with E-state index in [9.17, 15) is 9.90 Å². The predicted molar refractivity (Wildman–Crippen MR) is 80.0 cm³/mol. The van der Waals surface area contributed by atoms with Crippen LogP contribution in [-0.2, 0) is 4.74 Å². The summed E-state index contributed by atoms with van der Waals surface area (Å²) < 4.78 is 6.03. The van der Waals surface area contributed by atoms with Crippen LogP contribution in [0.25, 0.3) is 0 Å². The van der Waals surface area contributed by atoms with Crippen molar-refractivity contribution in [2.75, 3.05) is 39.4 Å². The Morgan fingerprint density at radius 1 is 1.40 bits per heavy atom. The molecular weight excluding hydrogens is 324 g/mol. The molecule has 1 heterocycles. The molecule has 0 bridgehead atoms. The third kappa shape index (κ3) is 4.47. The first kappa shape index (κ1) is 15.3. The lowest BCUT2D eigenvalue weighted by atomic mass is 10.2. The Morgan fingerprint density at radius 2 is 2.15 bits per heavy atom. The number of halogens is 1. The Labute approximate surface area is 127 Å². The van der Waals surface area contributed by atoms with Gasteiger partial charge in [-0.3, -0.25) is 9.69 Å². The molecule has 1 saturated heterocycles. The van der Waals surface area contributed by atoms with Crippen molar-refractivity contribution in [1.29, 1.82) is 0 Å². The maximum atomic E-state index is 11.9. The summed E-state index contributed by atoms with van der Waals surface area (Å²) in [5.41, 5.74) is 0.305. The average Bonchev–Trinajstić information content (AvgIpc) is 2.44. The van der Waals surface area contributed by atoms with E-state index in [0.29, 0.717) is 12.1 Å². The van der Waals surface area contributed by atoms with E-state index in [-0.39, 0.29) is 11.7 Å². The van der Waals surface area contributed by atoms with E-state index in [1.54, 1.807) is 12.1 Å². The van der Waals surface area contributed by atoms with Crippen molar-refractivity contribution < 1.29 is 14.6 Å². The van der Waals surface area contributed by atoms with Gasteiger partial charge in [0, 0.05) is 24.1 Å². The smallest absolute Gasteiger partial charge is 0.255 e. The van der Waals surface area contributed by atoms with Gasteiger partial charge in [-0.1, -0.05) is 15.9 Å². The zero-order valence-corrected chi connectivity index (χ0v) is 12.9. The van der Waals surface area contributed by atoms with E-state index in [4.69, 9.17) is 4.74 Å². The number of amides is 1. The van der Waals surface area contributed by atoms with Crippen molar-refractivity contribution in [2.45, 2.75) is 6.42 Å². The summed E-state index contributed by atoms with van der Waals surface area (Å²) in [6.45, 7) is 5.06. The van der Waals surface area contributed by atoms with Crippen molar-refractivity contribution in [3.8, 4) is 5.75 Å². The monoisotopic (exact) mass is 342 g/mol. The minimum atomic E-state index is -0.239. The molecule has 110 valence electrons. The molecular formula is C14H19BrN2O3. The average molecular weight is 343 g/mol. The number of ether oxygens (including phenoxy) is 1. The number of phenolic OH excluding ortho intramolecular Hbond substituents is 1. The number of aromatic hydroxyl groups is 1. The maximum absolute atomic E-state index is 11.9. The molecule has 1 aliphatic rings. The van der Waals surface area contributed by atoms with Crippen molar-refractivity contribution in [3.05, 3.63) is 28.2 Å². The molecule has 20 heavy (non-hydrogen) atoms. The van der Waals surface area contributed by atoms with E-state index < -0.39 is 0 Å². The van der Waals surface area contributed by atoms with Gasteiger partial charge in [-0.25, -0.2) is 0 Å². The number of nitrogens with zero attached hydrogens (tertiary/aromatic N) is 1. The molecule has 2 N–H and O–H groups in total. The second-order valence-corrected chi connectivity index (χ2v) is 5.64. The summed E-state index contributed by atoms with van der Waals surface area (Å²) >= 11 is 3.25. The van der Waals surface area contributed by atoms with Crippen LogP contribution in [0.2, 0.25) is 0 Å². The molecule has 0 unspecified atom stereocenters. The number of benzene rings is 1. The molecule has 5 nitrogen and oxygen atoms in total. The van der Waals surface area contributed by atoms with Crippen molar-refractivity contribution >= 4 is 21.8 Å². The standard InChI is InChI=1S/C14H19BrN2O3/c15-11-2-3-12(13(18)10-11)14(19)16-4-1-5-17-6-8-20-9-7-17/h2-3,10,18H,1,4-9H2,(H,16,19). The molecule has 0 atom stereocenters. The fraction of sp³-hybridized carbons (Fsp3) is 0.500. The number of hydrogen-bond acceptors (Lipinski definition) is 4.